The van der Waals surface area contributed by atoms with Crippen LogP contribution in [0.15, 0.2) is 0 Å². The summed E-state index contributed by atoms with van der Waals surface area (Å²) in [6.07, 6.45) is 0. The summed E-state index contributed by atoms with van der Waals surface area (Å²) in [7, 11) is 1.00. The van der Waals surface area contributed by atoms with Gasteiger partial charge >= 0.3 is 0 Å². The Morgan fingerprint density at radius 3 is 0.909 bits per heavy atom. The molecule has 0 aliphatic heterocycles. The van der Waals surface area contributed by atoms with Gasteiger partial charge in [-0.25, -0.2) is 0 Å². The van der Waals surface area contributed by atoms with E-state index in [9.17, 15) is 0 Å². The molecule has 0 spiro atoms. The number of hydrogen-bond donors (Lipinski definition) is 4. The molecule has 0 saturated carbocycles. The fraction of sp³-hybridized carbons (Fsp3) is 1.00. The van der Waals surface area contributed by atoms with Gasteiger partial charge in [0.15, 0.2) is 0 Å². The van der Waals surface area contributed by atoms with Gasteiger partial charge < -0.3 is 20.4 Å². The van der Waals surface area contributed by atoms with Crippen molar-refractivity contribution < 1.29 is 20.4 Å². The van der Waals surface area contributed by atoms with E-state index in [-0.39, 0.29) is 30.7 Å². The lowest BCUT2D eigenvalue weighted by Gasteiger charge is -2.36. The summed E-state index contributed by atoms with van der Waals surface area (Å²) in [5.41, 5.74) is 0.731. The maximum Gasteiger partial charge on any atom is 0.0662 e. The molecule has 0 aromatic carbocycles. The molecule has 4 nitrogen and oxygen atoms in total. The van der Waals surface area contributed by atoms with Crippen LogP contribution in [-0.2, 0) is 0 Å². The van der Waals surface area contributed by atoms with E-state index in [1.807, 2.05) is 0 Å². The molecule has 0 heterocycles. The second-order valence-electron chi connectivity index (χ2n) is 8.26. The summed E-state index contributed by atoms with van der Waals surface area (Å²) in [4.78, 5) is 0. The zero-order valence-corrected chi connectivity index (χ0v) is 17.0. The molecule has 4 heteroatoms. The van der Waals surface area contributed by atoms with Crippen LogP contribution in [0.4, 0.5) is 0 Å². The van der Waals surface area contributed by atoms with Crippen LogP contribution in [-0.4, -0.2) is 47.4 Å². The summed E-state index contributed by atoms with van der Waals surface area (Å²) in [5, 5.41) is 31.2. The molecule has 0 aliphatic rings. The third-order valence-electron chi connectivity index (χ3n) is 4.26. The van der Waals surface area contributed by atoms with Crippen molar-refractivity contribution in [1.82, 2.24) is 0 Å². The maximum atomic E-state index is 8.93. The van der Waals surface area contributed by atoms with Gasteiger partial charge in [0.25, 0.3) is 0 Å². The highest BCUT2D eigenvalue weighted by Crippen LogP contribution is 2.36. The Morgan fingerprint density at radius 2 is 0.909 bits per heavy atom. The van der Waals surface area contributed by atoms with Crippen molar-refractivity contribution in [3.8, 4) is 0 Å². The average Bonchev–Trinajstić information content (AvgIpc) is 2.39. The standard InChI is InChI=1S/C8H18O.C7H16.C2H6O2.CH4O/c1-7(2,3)8(4,5)6-9;1-6(2)7(3,4)5;3-1-2-4;1-2/h9H,6H2,1-5H3;6H,1-5H3;3-4H,1-2H2;2H,1H3. The van der Waals surface area contributed by atoms with Crippen LogP contribution in [0.1, 0.15) is 69.2 Å². The van der Waals surface area contributed by atoms with Gasteiger partial charge in [-0.15, -0.1) is 0 Å². The van der Waals surface area contributed by atoms with Crippen LogP contribution in [0.25, 0.3) is 0 Å². The van der Waals surface area contributed by atoms with Gasteiger partial charge in [-0.1, -0.05) is 69.2 Å². The van der Waals surface area contributed by atoms with Gasteiger partial charge in [-0.2, -0.15) is 0 Å². The lowest BCUT2D eigenvalue weighted by Crippen LogP contribution is -2.32. The first kappa shape index (κ1) is 29.8. The molecular formula is C18H44O4. The fourth-order valence-electron chi connectivity index (χ4n) is 0.237. The molecule has 0 radical (unpaired) electrons. The van der Waals surface area contributed by atoms with E-state index in [0.717, 1.165) is 13.0 Å². The van der Waals surface area contributed by atoms with Crippen molar-refractivity contribution in [2.75, 3.05) is 26.9 Å². The number of hydrogen-bond acceptors (Lipinski definition) is 4. The predicted octanol–water partition coefficient (Wildman–Crippen LogP) is 3.32. The number of aliphatic hydroxyl groups excluding tert-OH is 4. The molecule has 0 rings (SSSR count). The average molecular weight is 325 g/mol. The topological polar surface area (TPSA) is 80.9 Å². The Bertz CT molecular complexity index is 208. The van der Waals surface area contributed by atoms with Gasteiger partial charge in [0, 0.05) is 13.7 Å². The highest BCUT2D eigenvalue weighted by atomic mass is 16.3. The van der Waals surface area contributed by atoms with Gasteiger partial charge in [0.05, 0.1) is 13.2 Å². The first-order valence-corrected chi connectivity index (χ1v) is 7.94. The van der Waals surface area contributed by atoms with Crippen LogP contribution in [0.5, 0.6) is 0 Å². The van der Waals surface area contributed by atoms with Gasteiger partial charge in [0.2, 0.25) is 0 Å². The SMILES string of the molecule is CC(C)(C)C(C)(C)CO.CC(C)C(C)(C)C.CO.OCCO. The highest BCUT2D eigenvalue weighted by Gasteiger charge is 2.31. The van der Waals surface area contributed by atoms with Crippen molar-refractivity contribution >= 4 is 0 Å². The summed E-state index contributed by atoms with van der Waals surface area (Å²) in [6.45, 7) is 21.9. The normalized spacial score (nSPS) is 11.5. The molecule has 0 aromatic heterocycles. The fourth-order valence-corrected chi connectivity index (χ4v) is 0.237. The van der Waals surface area contributed by atoms with Crippen LogP contribution >= 0.6 is 0 Å². The van der Waals surface area contributed by atoms with Gasteiger partial charge in [-0.05, 0) is 22.2 Å². The zero-order chi connectivity index (χ0) is 19.2. The quantitative estimate of drug-likeness (QED) is 0.628. The smallest absolute Gasteiger partial charge is 0.0662 e. The van der Waals surface area contributed by atoms with Crippen molar-refractivity contribution in [3.05, 3.63) is 0 Å². The minimum absolute atomic E-state index is 0.0347. The molecule has 0 fully saturated rings. The Morgan fingerprint density at radius 1 is 0.682 bits per heavy atom. The van der Waals surface area contributed by atoms with Crippen molar-refractivity contribution in [1.29, 1.82) is 0 Å². The van der Waals surface area contributed by atoms with E-state index >= 15 is 0 Å². The van der Waals surface area contributed by atoms with E-state index in [1.54, 1.807) is 0 Å². The summed E-state index contributed by atoms with van der Waals surface area (Å²) >= 11 is 0. The molecule has 4 N–H and O–H groups in total. The number of aliphatic hydroxyl groups is 4. The van der Waals surface area contributed by atoms with Crippen LogP contribution in [0, 0.1) is 22.2 Å². The third-order valence-corrected chi connectivity index (χ3v) is 4.26. The number of rotatable bonds is 2. The monoisotopic (exact) mass is 324 g/mol. The second-order valence-corrected chi connectivity index (χ2v) is 8.26. The van der Waals surface area contributed by atoms with Gasteiger partial charge in [-0.3, -0.25) is 0 Å². The molecule has 0 atom stereocenters. The van der Waals surface area contributed by atoms with E-state index in [4.69, 9.17) is 20.4 Å². The first-order chi connectivity index (χ1) is 9.67. The Kier molecular flexibility index (Phi) is 19.6. The summed E-state index contributed by atoms with van der Waals surface area (Å²) < 4.78 is 0. The van der Waals surface area contributed by atoms with Crippen molar-refractivity contribution in [2.24, 2.45) is 22.2 Å². The third kappa shape index (κ3) is 19.8. The second kappa shape index (κ2) is 14.4. The largest absolute Gasteiger partial charge is 0.400 e. The Hall–Kier alpha value is -0.160. The molecule has 0 amide bonds. The van der Waals surface area contributed by atoms with Gasteiger partial charge in [0.1, 0.15) is 0 Å². The maximum absolute atomic E-state index is 8.93. The van der Waals surface area contributed by atoms with E-state index in [0.29, 0.717) is 5.41 Å². The Balaban J connectivity index is -0.000000111. The predicted molar refractivity (Wildman–Crippen MR) is 96.9 cm³/mol. The van der Waals surface area contributed by atoms with E-state index in [2.05, 4.69) is 69.2 Å². The molecule has 0 unspecified atom stereocenters. The lowest BCUT2D eigenvalue weighted by atomic mass is 9.70. The molecular weight excluding hydrogens is 280 g/mol. The zero-order valence-electron chi connectivity index (χ0n) is 17.0. The van der Waals surface area contributed by atoms with Crippen LogP contribution in [0.2, 0.25) is 0 Å². The van der Waals surface area contributed by atoms with Crippen molar-refractivity contribution in [2.45, 2.75) is 69.2 Å². The van der Waals surface area contributed by atoms with E-state index in [1.165, 1.54) is 0 Å². The van der Waals surface area contributed by atoms with Crippen LogP contribution in [0.3, 0.4) is 0 Å². The van der Waals surface area contributed by atoms with Crippen LogP contribution < -0.4 is 0 Å². The minimum atomic E-state index is -0.125. The minimum Gasteiger partial charge on any atom is -0.400 e. The summed E-state index contributed by atoms with van der Waals surface area (Å²) in [6, 6.07) is 0. The molecule has 140 valence electrons. The Labute approximate surface area is 139 Å². The highest BCUT2D eigenvalue weighted by molar-refractivity contribution is 4.81. The first-order valence-electron chi connectivity index (χ1n) is 7.94. The van der Waals surface area contributed by atoms with E-state index < -0.39 is 0 Å². The van der Waals surface area contributed by atoms with Crippen molar-refractivity contribution in [3.63, 3.8) is 0 Å². The molecule has 0 aromatic rings. The molecule has 0 aliphatic carbocycles. The molecule has 22 heavy (non-hydrogen) atoms. The lowest BCUT2D eigenvalue weighted by molar-refractivity contribution is 0.0503. The molecule has 0 bridgehead atoms. The summed E-state index contributed by atoms with van der Waals surface area (Å²) in [5.74, 6) is 0.799. The molecule has 0 saturated heterocycles.